The van der Waals surface area contributed by atoms with Crippen molar-refractivity contribution in [3.63, 3.8) is 0 Å². The maximum Gasteiger partial charge on any atom is 0.320 e. The molecule has 4 N–H and O–H groups in total. The molecule has 0 radical (unpaired) electrons. The van der Waals surface area contributed by atoms with Crippen molar-refractivity contribution in [2.45, 2.75) is 58.3 Å². The van der Waals surface area contributed by atoms with E-state index >= 15 is 0 Å². The molecule has 0 fully saturated rings. The van der Waals surface area contributed by atoms with Crippen LogP contribution in [-0.4, -0.2) is 11.1 Å². The van der Waals surface area contributed by atoms with Gasteiger partial charge in [0.25, 0.3) is 0 Å². The average molecular weight is 228 g/mol. The number of carbonyl (C=O) groups is 1. The summed E-state index contributed by atoms with van der Waals surface area (Å²) in [5, 5.41) is 17.2. The molecule has 0 aliphatic carbocycles. The van der Waals surface area contributed by atoms with Crippen LogP contribution in [0.1, 0.15) is 58.3 Å². The summed E-state index contributed by atoms with van der Waals surface area (Å²) < 4.78 is 0. The van der Waals surface area contributed by atoms with Crippen molar-refractivity contribution in [3.8, 4) is 6.07 Å². The summed E-state index contributed by atoms with van der Waals surface area (Å²) in [4.78, 5) is 10.5. The summed E-state index contributed by atoms with van der Waals surface area (Å²) in [6.45, 7) is 2.18. The van der Waals surface area contributed by atoms with Crippen molar-refractivity contribution < 1.29 is 9.90 Å². The lowest BCUT2D eigenvalue weighted by molar-refractivity contribution is -0.140. The van der Waals surface area contributed by atoms with E-state index in [1.165, 1.54) is 25.7 Å². The highest BCUT2D eigenvalue weighted by atomic mass is 16.4. The maximum absolute atomic E-state index is 10.5. The molecule has 4 heteroatoms. The molecule has 0 aliphatic rings. The van der Waals surface area contributed by atoms with Crippen molar-refractivity contribution in [1.82, 2.24) is 6.15 Å². The molecule has 0 aromatic carbocycles. The Morgan fingerprint density at radius 1 is 1.19 bits per heavy atom. The third-order valence-corrected chi connectivity index (χ3v) is 2.55. The van der Waals surface area contributed by atoms with Crippen LogP contribution in [0.15, 0.2) is 0 Å². The van der Waals surface area contributed by atoms with Crippen molar-refractivity contribution in [3.05, 3.63) is 0 Å². The fourth-order valence-corrected chi connectivity index (χ4v) is 1.55. The monoisotopic (exact) mass is 228 g/mol. The minimum atomic E-state index is -0.983. The second-order valence-corrected chi connectivity index (χ2v) is 3.93. The summed E-state index contributed by atoms with van der Waals surface area (Å²) in [7, 11) is 0. The van der Waals surface area contributed by atoms with E-state index in [1.54, 1.807) is 0 Å². The molecule has 16 heavy (non-hydrogen) atoms. The Morgan fingerprint density at radius 3 is 2.12 bits per heavy atom. The van der Waals surface area contributed by atoms with Gasteiger partial charge in [-0.25, -0.2) is 0 Å². The quantitative estimate of drug-likeness (QED) is 0.590. The molecule has 1 unspecified atom stereocenters. The van der Waals surface area contributed by atoms with E-state index < -0.39 is 11.9 Å². The van der Waals surface area contributed by atoms with Gasteiger partial charge in [-0.15, -0.1) is 0 Å². The Hall–Kier alpha value is -1.08. The first kappa shape index (κ1) is 17.3. The Kier molecular flexibility index (Phi) is 13.0. The van der Waals surface area contributed by atoms with Crippen LogP contribution >= 0.6 is 0 Å². The third-order valence-electron chi connectivity index (χ3n) is 2.55. The number of unbranched alkanes of at least 4 members (excludes halogenated alkanes) is 6. The second kappa shape index (κ2) is 12.0. The molecule has 94 valence electrons. The Labute approximate surface area is 98.2 Å². The lowest BCUT2D eigenvalue weighted by Crippen LogP contribution is -2.10. The van der Waals surface area contributed by atoms with Crippen LogP contribution in [-0.2, 0) is 4.79 Å². The zero-order valence-electron chi connectivity index (χ0n) is 10.2. The Morgan fingerprint density at radius 2 is 1.69 bits per heavy atom. The zero-order valence-corrected chi connectivity index (χ0v) is 10.2. The number of aliphatic carboxylic acids is 1. The molecule has 0 aromatic rings. The van der Waals surface area contributed by atoms with Gasteiger partial charge >= 0.3 is 5.97 Å². The molecule has 0 heterocycles. The molecule has 0 spiro atoms. The summed E-state index contributed by atoms with van der Waals surface area (Å²) in [6, 6.07) is 1.81. The first-order valence-electron chi connectivity index (χ1n) is 5.84. The number of nitriles is 1. The first-order valence-corrected chi connectivity index (χ1v) is 5.84. The van der Waals surface area contributed by atoms with Gasteiger partial charge in [-0.2, -0.15) is 5.26 Å². The zero-order chi connectivity index (χ0) is 11.5. The largest absolute Gasteiger partial charge is 0.480 e. The van der Waals surface area contributed by atoms with Crippen LogP contribution in [0.5, 0.6) is 0 Å². The van der Waals surface area contributed by atoms with Crippen LogP contribution in [0, 0.1) is 17.2 Å². The highest BCUT2D eigenvalue weighted by Gasteiger charge is 2.14. The van der Waals surface area contributed by atoms with Crippen molar-refractivity contribution in [2.75, 3.05) is 0 Å². The van der Waals surface area contributed by atoms with E-state index in [0.29, 0.717) is 6.42 Å². The van der Waals surface area contributed by atoms with E-state index in [1.807, 2.05) is 6.07 Å². The highest BCUT2D eigenvalue weighted by molar-refractivity contribution is 5.72. The lowest BCUT2D eigenvalue weighted by Gasteiger charge is -2.03. The number of nitrogens with zero attached hydrogens (tertiary/aromatic N) is 1. The molecule has 0 rings (SSSR count). The highest BCUT2D eigenvalue weighted by Crippen LogP contribution is 2.12. The van der Waals surface area contributed by atoms with Crippen molar-refractivity contribution in [1.29, 1.82) is 5.26 Å². The predicted molar refractivity (Wildman–Crippen MR) is 64.4 cm³/mol. The Bertz CT molecular complexity index is 212. The molecule has 0 aliphatic heterocycles. The van der Waals surface area contributed by atoms with E-state index in [4.69, 9.17) is 10.4 Å². The van der Waals surface area contributed by atoms with Gasteiger partial charge in [-0.05, 0) is 6.42 Å². The van der Waals surface area contributed by atoms with Crippen molar-refractivity contribution >= 4 is 5.97 Å². The smallest absolute Gasteiger partial charge is 0.320 e. The molecule has 0 bridgehead atoms. The predicted octanol–water partition coefficient (Wildman–Crippen LogP) is 3.51. The fraction of sp³-hybridized carbons (Fsp3) is 0.833. The van der Waals surface area contributed by atoms with Crippen molar-refractivity contribution in [2.24, 2.45) is 5.92 Å². The SMILES string of the molecule is CCCCCCCCCC(C#N)C(=O)O.N. The van der Waals surface area contributed by atoms with E-state index in [-0.39, 0.29) is 6.15 Å². The number of hydrogen-bond donors (Lipinski definition) is 2. The number of carboxylic acid groups (broad SMARTS) is 1. The average Bonchev–Trinajstić information content (AvgIpc) is 2.21. The third kappa shape index (κ3) is 9.47. The standard InChI is InChI=1S/C12H21NO2.H3N/c1-2-3-4-5-6-7-8-9-11(10-13)12(14)15;/h11H,2-9H2,1H3,(H,14,15);1H3. The van der Waals surface area contributed by atoms with Crippen LogP contribution in [0.2, 0.25) is 0 Å². The summed E-state index contributed by atoms with van der Waals surface area (Å²) in [5.74, 6) is -1.79. The van der Waals surface area contributed by atoms with E-state index in [9.17, 15) is 4.79 Å². The molecule has 1 atom stereocenters. The van der Waals surface area contributed by atoms with E-state index in [2.05, 4.69) is 6.92 Å². The van der Waals surface area contributed by atoms with E-state index in [0.717, 1.165) is 19.3 Å². The molecular formula is C12H24N2O2. The summed E-state index contributed by atoms with van der Waals surface area (Å²) >= 11 is 0. The van der Waals surface area contributed by atoms with Crippen LogP contribution in [0.3, 0.4) is 0 Å². The van der Waals surface area contributed by atoms with Crippen LogP contribution < -0.4 is 6.15 Å². The van der Waals surface area contributed by atoms with Crippen LogP contribution in [0.25, 0.3) is 0 Å². The normalized spacial score (nSPS) is 11.2. The maximum atomic E-state index is 10.5. The number of carboxylic acids is 1. The molecule has 0 saturated heterocycles. The molecular weight excluding hydrogens is 204 g/mol. The molecule has 4 nitrogen and oxygen atoms in total. The van der Waals surface area contributed by atoms with Crippen LogP contribution in [0.4, 0.5) is 0 Å². The second-order valence-electron chi connectivity index (χ2n) is 3.93. The lowest BCUT2D eigenvalue weighted by atomic mass is 10.0. The van der Waals surface area contributed by atoms with Gasteiger partial charge in [0.2, 0.25) is 0 Å². The van der Waals surface area contributed by atoms with Gasteiger partial charge in [-0.3, -0.25) is 4.79 Å². The summed E-state index contributed by atoms with van der Waals surface area (Å²) in [6.07, 6.45) is 8.61. The topological polar surface area (TPSA) is 96.1 Å². The summed E-state index contributed by atoms with van der Waals surface area (Å²) in [5.41, 5.74) is 0. The minimum absolute atomic E-state index is 0. The van der Waals surface area contributed by atoms with Gasteiger partial charge in [0.15, 0.2) is 0 Å². The van der Waals surface area contributed by atoms with Gasteiger partial charge in [0.1, 0.15) is 5.92 Å². The Balaban J connectivity index is 0. The van der Waals surface area contributed by atoms with Gasteiger partial charge in [0.05, 0.1) is 6.07 Å². The van der Waals surface area contributed by atoms with Gasteiger partial charge < -0.3 is 11.3 Å². The molecule has 0 amide bonds. The number of hydrogen-bond acceptors (Lipinski definition) is 3. The van der Waals surface area contributed by atoms with Gasteiger partial charge in [-0.1, -0.05) is 51.9 Å². The minimum Gasteiger partial charge on any atom is -0.480 e. The number of rotatable bonds is 9. The first-order chi connectivity index (χ1) is 7.22. The fourth-order valence-electron chi connectivity index (χ4n) is 1.55. The van der Waals surface area contributed by atoms with Gasteiger partial charge in [0, 0.05) is 0 Å². The molecule has 0 aromatic heterocycles. The molecule has 0 saturated carbocycles.